The summed E-state index contributed by atoms with van der Waals surface area (Å²) in [5, 5.41) is 0. The van der Waals surface area contributed by atoms with Crippen LogP contribution in [0.1, 0.15) is 60.3 Å². The van der Waals surface area contributed by atoms with E-state index in [4.69, 9.17) is 0 Å². The summed E-state index contributed by atoms with van der Waals surface area (Å²) in [7, 11) is 4.31. The Morgan fingerprint density at radius 1 is 1.27 bits per heavy atom. The van der Waals surface area contributed by atoms with E-state index in [1.165, 1.54) is 36.0 Å². The summed E-state index contributed by atoms with van der Waals surface area (Å²) in [5.74, 6) is 0.735. The molecule has 0 spiro atoms. The van der Waals surface area contributed by atoms with Crippen molar-refractivity contribution >= 4 is 0 Å². The van der Waals surface area contributed by atoms with Crippen molar-refractivity contribution in [3.05, 3.63) is 59.3 Å². The Balaban J connectivity index is 2.59. The molecule has 0 bridgehead atoms. The van der Waals surface area contributed by atoms with Crippen LogP contribution >= 0.6 is 0 Å². The van der Waals surface area contributed by atoms with Crippen LogP contribution < -0.4 is 0 Å². The van der Waals surface area contributed by atoms with E-state index >= 15 is 0 Å². The third-order valence-corrected chi connectivity index (χ3v) is 5.81. The first-order chi connectivity index (χ1) is 12.2. The molecule has 1 fully saturated rings. The van der Waals surface area contributed by atoms with Gasteiger partial charge in [0.1, 0.15) is 0 Å². The van der Waals surface area contributed by atoms with Crippen LogP contribution in [0.5, 0.6) is 0 Å². The second-order valence-electron chi connectivity index (χ2n) is 9.59. The number of hydrogen-bond acceptors (Lipinski definition) is 1. The van der Waals surface area contributed by atoms with Crippen LogP contribution in [0.25, 0.3) is 0 Å². The monoisotopic (exact) mass is 353 g/mol. The smallest absolute Gasteiger partial charge is 0.0204 e. The summed E-state index contributed by atoms with van der Waals surface area (Å²) in [6, 6.07) is 0. The van der Waals surface area contributed by atoms with Crippen LogP contribution in [0, 0.1) is 16.7 Å². The molecule has 2 aliphatic carbocycles. The summed E-state index contributed by atoms with van der Waals surface area (Å²) < 4.78 is 0. The topological polar surface area (TPSA) is 3.24 Å². The molecule has 0 saturated heterocycles. The van der Waals surface area contributed by atoms with Crippen LogP contribution in [0.3, 0.4) is 0 Å². The maximum atomic E-state index is 2.50. The molecule has 0 aromatic rings. The lowest BCUT2D eigenvalue weighted by molar-refractivity contribution is 0.103. The van der Waals surface area contributed by atoms with Gasteiger partial charge in [0.05, 0.1) is 0 Å². The molecule has 2 rings (SSSR count). The molecular weight excluding hydrogens is 314 g/mol. The van der Waals surface area contributed by atoms with Crippen molar-refractivity contribution < 1.29 is 0 Å². The van der Waals surface area contributed by atoms with Crippen LogP contribution in [0.15, 0.2) is 59.3 Å². The van der Waals surface area contributed by atoms with Gasteiger partial charge >= 0.3 is 0 Å². The zero-order valence-corrected chi connectivity index (χ0v) is 18.1. The number of nitrogens with zero attached hydrogens (tertiary/aromatic N) is 1. The Hall–Kier alpha value is -1.34. The van der Waals surface area contributed by atoms with Crippen molar-refractivity contribution in [3.63, 3.8) is 0 Å². The van der Waals surface area contributed by atoms with E-state index in [1.54, 1.807) is 0 Å². The predicted octanol–water partition coefficient (Wildman–Crippen LogP) is 6.72. The quantitative estimate of drug-likeness (QED) is 0.496. The summed E-state index contributed by atoms with van der Waals surface area (Å²) in [5.41, 5.74) is 4.95. The van der Waals surface area contributed by atoms with Crippen molar-refractivity contribution in [1.29, 1.82) is 0 Å². The fraction of sp³-hybridized carbons (Fsp3) is 0.600. The second-order valence-corrected chi connectivity index (χ2v) is 9.59. The molecule has 1 saturated carbocycles. The van der Waals surface area contributed by atoms with Gasteiger partial charge in [-0.25, -0.2) is 0 Å². The van der Waals surface area contributed by atoms with Crippen LogP contribution in [-0.2, 0) is 0 Å². The standard InChI is InChI=1S/C25H39N/c1-8-10-22(15-16-26(6)7)25(18-21(3)17-24(4,5)19-25)23-12-9-11-20(2)13-14-23/h8-12,14-15,21H,13,16-19H2,1-7H3/b10-8-,22-15+. The first-order valence-corrected chi connectivity index (χ1v) is 10.2. The minimum Gasteiger partial charge on any atom is -0.306 e. The molecule has 0 amide bonds. The van der Waals surface area contributed by atoms with Crippen molar-refractivity contribution in [2.75, 3.05) is 20.6 Å². The van der Waals surface area contributed by atoms with Gasteiger partial charge in [-0.2, -0.15) is 0 Å². The molecule has 2 unspecified atom stereocenters. The highest BCUT2D eigenvalue weighted by atomic mass is 15.0. The van der Waals surface area contributed by atoms with Crippen LogP contribution in [-0.4, -0.2) is 25.5 Å². The lowest BCUT2D eigenvalue weighted by Gasteiger charge is -2.50. The van der Waals surface area contributed by atoms with Gasteiger partial charge in [-0.05, 0) is 76.1 Å². The summed E-state index contributed by atoms with van der Waals surface area (Å²) >= 11 is 0. The Morgan fingerprint density at radius 2 is 2.00 bits per heavy atom. The number of hydrogen-bond donors (Lipinski definition) is 0. The average Bonchev–Trinajstić information content (AvgIpc) is 2.74. The van der Waals surface area contributed by atoms with Crippen LogP contribution in [0.2, 0.25) is 0 Å². The third kappa shape index (κ3) is 5.10. The Bertz CT molecular complexity index is 639. The number of rotatable bonds is 5. The van der Waals surface area contributed by atoms with E-state index in [9.17, 15) is 0 Å². The van der Waals surface area contributed by atoms with Gasteiger partial charge in [0.25, 0.3) is 0 Å². The third-order valence-electron chi connectivity index (χ3n) is 5.81. The minimum absolute atomic E-state index is 0.124. The first-order valence-electron chi connectivity index (χ1n) is 10.2. The van der Waals surface area contributed by atoms with Gasteiger partial charge < -0.3 is 4.90 Å². The van der Waals surface area contributed by atoms with E-state index in [0.29, 0.717) is 5.41 Å². The molecular formula is C25H39N. The van der Waals surface area contributed by atoms with Gasteiger partial charge in [-0.3, -0.25) is 0 Å². The zero-order valence-electron chi connectivity index (χ0n) is 18.1. The lowest BCUT2D eigenvalue weighted by atomic mass is 9.54. The maximum absolute atomic E-state index is 2.50. The highest BCUT2D eigenvalue weighted by molar-refractivity contribution is 5.45. The molecule has 1 heteroatoms. The van der Waals surface area contributed by atoms with Gasteiger partial charge in [-0.15, -0.1) is 0 Å². The fourth-order valence-corrected chi connectivity index (χ4v) is 5.14. The zero-order chi connectivity index (χ0) is 19.4. The molecule has 0 aromatic heterocycles. The Kier molecular flexibility index (Phi) is 6.91. The van der Waals surface area contributed by atoms with Gasteiger partial charge in [0.2, 0.25) is 0 Å². The number of allylic oxidation sites excluding steroid dienone is 9. The highest BCUT2D eigenvalue weighted by Crippen LogP contribution is 2.57. The summed E-state index contributed by atoms with van der Waals surface area (Å²) in [6.07, 6.45) is 21.3. The summed E-state index contributed by atoms with van der Waals surface area (Å²) in [4.78, 5) is 2.26. The van der Waals surface area contributed by atoms with Crippen molar-refractivity contribution in [2.45, 2.75) is 60.3 Å². The molecule has 2 atom stereocenters. The SMILES string of the molecule is C/C=C\C(=C/CN(C)C)C1(C2=CCC(C)=CC=C2)CC(C)CC(C)(C)C1. The van der Waals surface area contributed by atoms with E-state index in [-0.39, 0.29) is 5.41 Å². The molecule has 0 aliphatic heterocycles. The largest absolute Gasteiger partial charge is 0.306 e. The number of likely N-dealkylation sites (N-methyl/N-ethyl adjacent to an activating group) is 1. The minimum atomic E-state index is 0.124. The molecule has 0 N–H and O–H groups in total. The lowest BCUT2D eigenvalue weighted by Crippen LogP contribution is -2.39. The van der Waals surface area contributed by atoms with E-state index in [1.807, 2.05) is 0 Å². The normalized spacial score (nSPS) is 29.7. The summed E-state index contributed by atoms with van der Waals surface area (Å²) in [6.45, 7) is 12.7. The van der Waals surface area contributed by atoms with Crippen molar-refractivity contribution in [1.82, 2.24) is 4.90 Å². The van der Waals surface area contributed by atoms with Crippen molar-refractivity contribution in [2.24, 2.45) is 16.7 Å². The van der Waals surface area contributed by atoms with Gasteiger partial charge in [0.15, 0.2) is 0 Å². The van der Waals surface area contributed by atoms with Crippen LogP contribution in [0.4, 0.5) is 0 Å². The maximum Gasteiger partial charge on any atom is 0.0204 e. The molecule has 0 aromatic carbocycles. The highest BCUT2D eigenvalue weighted by Gasteiger charge is 2.46. The molecule has 0 radical (unpaired) electrons. The predicted molar refractivity (Wildman–Crippen MR) is 116 cm³/mol. The van der Waals surface area contributed by atoms with E-state index in [2.05, 4.69) is 96.1 Å². The Labute approximate surface area is 162 Å². The second kappa shape index (κ2) is 8.57. The molecule has 26 heavy (non-hydrogen) atoms. The molecule has 144 valence electrons. The van der Waals surface area contributed by atoms with E-state index < -0.39 is 0 Å². The fourth-order valence-electron chi connectivity index (χ4n) is 5.14. The molecule has 0 heterocycles. The van der Waals surface area contributed by atoms with Gasteiger partial charge in [0, 0.05) is 12.0 Å². The molecule has 1 nitrogen and oxygen atoms in total. The van der Waals surface area contributed by atoms with Gasteiger partial charge in [-0.1, -0.05) is 68.9 Å². The molecule has 2 aliphatic rings. The first kappa shape index (κ1) is 21.0. The Morgan fingerprint density at radius 3 is 2.62 bits per heavy atom. The van der Waals surface area contributed by atoms with Crippen molar-refractivity contribution in [3.8, 4) is 0 Å². The van der Waals surface area contributed by atoms with E-state index in [0.717, 1.165) is 18.9 Å². The average molecular weight is 354 g/mol.